The fourth-order valence-corrected chi connectivity index (χ4v) is 2.22. The Morgan fingerprint density at radius 2 is 1.69 bits per heavy atom. The van der Waals surface area contributed by atoms with Crippen molar-refractivity contribution in [2.24, 2.45) is 0 Å². The van der Waals surface area contributed by atoms with Crippen LogP contribution >= 0.6 is 0 Å². The van der Waals surface area contributed by atoms with E-state index in [-0.39, 0.29) is 4.90 Å². The van der Waals surface area contributed by atoms with Crippen LogP contribution in [0.15, 0.2) is 47.4 Å². The number of rotatable bonds is 3. The zero-order valence-corrected chi connectivity index (χ0v) is 9.40. The third kappa shape index (κ3) is 2.06. The Labute approximate surface area is 93.5 Å². The van der Waals surface area contributed by atoms with Gasteiger partial charge in [-0.2, -0.15) is 8.42 Å². The van der Waals surface area contributed by atoms with E-state index >= 15 is 0 Å². The topological polar surface area (TPSA) is 52.6 Å². The Hall–Kier alpha value is -1.43. The van der Waals surface area contributed by atoms with Crippen molar-refractivity contribution < 1.29 is 17.6 Å². The van der Waals surface area contributed by atoms with Crippen molar-refractivity contribution in [3.63, 3.8) is 0 Å². The van der Waals surface area contributed by atoms with Gasteiger partial charge in [0, 0.05) is 0 Å². The summed E-state index contributed by atoms with van der Waals surface area (Å²) in [4.78, 5) is 4.26. The van der Waals surface area contributed by atoms with Crippen molar-refractivity contribution in [2.45, 2.75) is 4.90 Å². The Kier molecular flexibility index (Phi) is 2.91. The molecule has 0 saturated heterocycles. The molecule has 0 N–H and O–H groups in total. The zero-order chi connectivity index (χ0) is 11.6. The van der Waals surface area contributed by atoms with Gasteiger partial charge in [0.2, 0.25) is 0 Å². The first-order chi connectivity index (χ1) is 7.63. The van der Waals surface area contributed by atoms with Crippen LogP contribution < -0.4 is 0 Å². The SMILES string of the molecule is COOS(=O)(=O)c1ccc2ccccc2c1. The first-order valence-electron chi connectivity index (χ1n) is 4.59. The lowest BCUT2D eigenvalue weighted by Crippen LogP contribution is -2.05. The second-order valence-electron chi connectivity index (χ2n) is 3.20. The van der Waals surface area contributed by atoms with E-state index in [4.69, 9.17) is 0 Å². The molecule has 2 aromatic carbocycles. The third-order valence-corrected chi connectivity index (χ3v) is 3.31. The van der Waals surface area contributed by atoms with Gasteiger partial charge in [-0.3, -0.25) is 0 Å². The molecule has 0 amide bonds. The minimum Gasteiger partial charge on any atom is -0.223 e. The molecule has 0 aromatic heterocycles. The second kappa shape index (κ2) is 4.21. The molecule has 0 aliphatic rings. The number of hydrogen-bond acceptors (Lipinski definition) is 4. The Morgan fingerprint density at radius 1 is 1.00 bits per heavy atom. The molecule has 2 rings (SSSR count). The molecule has 0 spiro atoms. The molecule has 0 fully saturated rings. The number of hydrogen-bond donors (Lipinski definition) is 0. The highest BCUT2D eigenvalue weighted by Gasteiger charge is 2.15. The van der Waals surface area contributed by atoms with E-state index in [1.54, 1.807) is 12.1 Å². The van der Waals surface area contributed by atoms with Gasteiger partial charge in [-0.1, -0.05) is 30.3 Å². The summed E-state index contributed by atoms with van der Waals surface area (Å²) in [5.74, 6) is 0. The standard InChI is InChI=1S/C11H10O4S/c1-14-15-16(12,13)11-7-6-9-4-2-3-5-10(9)8-11/h2-8H,1H3. The minimum atomic E-state index is -3.82. The van der Waals surface area contributed by atoms with Crippen molar-refractivity contribution in [2.75, 3.05) is 7.11 Å². The van der Waals surface area contributed by atoms with Crippen LogP contribution in [0.2, 0.25) is 0 Å². The monoisotopic (exact) mass is 238 g/mol. The average molecular weight is 238 g/mol. The third-order valence-electron chi connectivity index (χ3n) is 2.17. The van der Waals surface area contributed by atoms with Gasteiger partial charge < -0.3 is 0 Å². The van der Waals surface area contributed by atoms with Crippen molar-refractivity contribution in [3.05, 3.63) is 42.5 Å². The van der Waals surface area contributed by atoms with Gasteiger partial charge >= 0.3 is 10.1 Å². The van der Waals surface area contributed by atoms with Gasteiger partial charge in [0.15, 0.2) is 0 Å². The smallest absolute Gasteiger partial charge is 0.223 e. The van der Waals surface area contributed by atoms with Gasteiger partial charge in [0.05, 0.1) is 12.0 Å². The zero-order valence-electron chi connectivity index (χ0n) is 8.58. The molecular formula is C11H10O4S. The lowest BCUT2D eigenvalue weighted by atomic mass is 10.1. The molecule has 0 aliphatic carbocycles. The van der Waals surface area contributed by atoms with Crippen LogP contribution in [0.5, 0.6) is 0 Å². The Balaban J connectivity index is 2.55. The summed E-state index contributed by atoms with van der Waals surface area (Å²) in [5.41, 5.74) is 0. The molecule has 0 radical (unpaired) electrons. The molecule has 0 heterocycles. The predicted molar refractivity (Wildman–Crippen MR) is 59.2 cm³/mol. The largest absolute Gasteiger partial charge is 0.323 e. The molecule has 0 unspecified atom stereocenters. The van der Waals surface area contributed by atoms with E-state index in [9.17, 15) is 8.42 Å². The van der Waals surface area contributed by atoms with Crippen LogP contribution in [0.4, 0.5) is 0 Å². The molecule has 0 bridgehead atoms. The molecule has 4 nitrogen and oxygen atoms in total. The van der Waals surface area contributed by atoms with E-state index in [0.29, 0.717) is 0 Å². The molecule has 0 atom stereocenters. The molecular weight excluding hydrogens is 228 g/mol. The normalized spacial score (nSPS) is 11.8. The molecule has 2 aromatic rings. The van der Waals surface area contributed by atoms with Crippen LogP contribution in [0.3, 0.4) is 0 Å². The first kappa shape index (κ1) is 11.1. The maximum Gasteiger partial charge on any atom is 0.323 e. The van der Waals surface area contributed by atoms with Crippen LogP contribution in [0, 0.1) is 0 Å². The second-order valence-corrected chi connectivity index (χ2v) is 4.71. The summed E-state index contributed by atoms with van der Waals surface area (Å²) >= 11 is 0. The summed E-state index contributed by atoms with van der Waals surface area (Å²) in [6.07, 6.45) is 0. The maximum absolute atomic E-state index is 11.5. The summed E-state index contributed by atoms with van der Waals surface area (Å²) in [7, 11) is -2.67. The van der Waals surface area contributed by atoms with Gasteiger partial charge in [0.25, 0.3) is 0 Å². The number of benzene rings is 2. The highest BCUT2D eigenvalue weighted by Crippen LogP contribution is 2.20. The highest BCUT2D eigenvalue weighted by molar-refractivity contribution is 7.86. The first-order valence-corrected chi connectivity index (χ1v) is 6.00. The summed E-state index contributed by atoms with van der Waals surface area (Å²) < 4.78 is 27.3. The minimum absolute atomic E-state index is 0.0769. The Morgan fingerprint density at radius 3 is 2.38 bits per heavy atom. The highest BCUT2D eigenvalue weighted by atomic mass is 32.2. The molecule has 0 aliphatic heterocycles. The van der Waals surface area contributed by atoms with E-state index in [2.05, 4.69) is 9.22 Å². The van der Waals surface area contributed by atoms with Gasteiger partial charge in [-0.05, 0) is 22.9 Å². The molecule has 16 heavy (non-hydrogen) atoms. The average Bonchev–Trinajstić information content (AvgIpc) is 2.28. The fraction of sp³-hybridized carbons (Fsp3) is 0.0909. The van der Waals surface area contributed by atoms with Crippen LogP contribution in [0.25, 0.3) is 10.8 Å². The Bertz CT molecular complexity index is 604. The van der Waals surface area contributed by atoms with Crippen molar-refractivity contribution in [1.82, 2.24) is 0 Å². The predicted octanol–water partition coefficient (Wildman–Crippen LogP) is 2.11. The molecule has 84 valence electrons. The van der Waals surface area contributed by atoms with E-state index in [0.717, 1.165) is 17.9 Å². The van der Waals surface area contributed by atoms with E-state index in [1.165, 1.54) is 6.07 Å². The summed E-state index contributed by atoms with van der Waals surface area (Å²) in [6.45, 7) is 0. The summed E-state index contributed by atoms with van der Waals surface area (Å²) in [6, 6.07) is 12.2. The number of fused-ring (bicyclic) bond motifs is 1. The van der Waals surface area contributed by atoms with E-state index in [1.807, 2.05) is 24.3 Å². The summed E-state index contributed by atoms with van der Waals surface area (Å²) in [5, 5.41) is 1.81. The maximum atomic E-state index is 11.5. The fourth-order valence-electron chi connectivity index (χ4n) is 1.45. The van der Waals surface area contributed by atoms with Gasteiger partial charge in [-0.25, -0.2) is 4.89 Å². The van der Waals surface area contributed by atoms with Crippen LogP contribution in [-0.4, -0.2) is 15.5 Å². The van der Waals surface area contributed by atoms with Gasteiger partial charge in [-0.15, -0.1) is 4.33 Å². The van der Waals surface area contributed by atoms with Crippen molar-refractivity contribution in [1.29, 1.82) is 0 Å². The van der Waals surface area contributed by atoms with Crippen LogP contribution in [-0.2, 0) is 19.3 Å². The quantitative estimate of drug-likeness (QED) is 0.607. The van der Waals surface area contributed by atoms with Crippen LogP contribution in [0.1, 0.15) is 0 Å². The van der Waals surface area contributed by atoms with E-state index < -0.39 is 10.1 Å². The lowest BCUT2D eigenvalue weighted by Gasteiger charge is -2.03. The van der Waals surface area contributed by atoms with Crippen molar-refractivity contribution in [3.8, 4) is 0 Å². The van der Waals surface area contributed by atoms with Gasteiger partial charge in [0.1, 0.15) is 0 Å². The molecule has 5 heteroatoms. The van der Waals surface area contributed by atoms with Crippen molar-refractivity contribution >= 4 is 20.9 Å². The molecule has 0 saturated carbocycles. The lowest BCUT2D eigenvalue weighted by molar-refractivity contribution is -0.172.